The van der Waals surface area contributed by atoms with Gasteiger partial charge in [-0.2, -0.15) is 11.8 Å². The van der Waals surface area contributed by atoms with E-state index in [0.717, 1.165) is 24.3 Å². The average Bonchev–Trinajstić information content (AvgIpc) is 2.87. The Morgan fingerprint density at radius 3 is 3.00 bits per heavy atom. The van der Waals surface area contributed by atoms with E-state index in [-0.39, 0.29) is 17.7 Å². The van der Waals surface area contributed by atoms with Crippen LogP contribution >= 0.6 is 23.1 Å². The SMILES string of the molecule is CCSCC(C)N1C(=O)C2(CC2)NC1c1cccs1. The summed E-state index contributed by atoms with van der Waals surface area (Å²) in [7, 11) is 0. The first-order chi connectivity index (χ1) is 9.18. The van der Waals surface area contributed by atoms with Gasteiger partial charge in [-0.3, -0.25) is 10.1 Å². The zero-order chi connectivity index (χ0) is 13.5. The number of carbonyl (C=O) groups excluding carboxylic acids is 1. The Kier molecular flexibility index (Phi) is 3.62. The minimum Gasteiger partial charge on any atom is -0.317 e. The Balaban J connectivity index is 1.83. The highest BCUT2D eigenvalue weighted by molar-refractivity contribution is 7.99. The van der Waals surface area contributed by atoms with Gasteiger partial charge in [0, 0.05) is 16.7 Å². The fourth-order valence-corrected chi connectivity index (χ4v) is 4.23. The van der Waals surface area contributed by atoms with Gasteiger partial charge < -0.3 is 4.90 Å². The first-order valence-corrected chi connectivity index (χ1v) is 8.93. The number of hydrogen-bond donors (Lipinski definition) is 1. The first kappa shape index (κ1) is 13.5. The summed E-state index contributed by atoms with van der Waals surface area (Å²) in [6, 6.07) is 4.48. The van der Waals surface area contributed by atoms with Crippen LogP contribution in [0.1, 0.15) is 37.7 Å². The van der Waals surface area contributed by atoms with Crippen LogP contribution in [-0.4, -0.2) is 33.9 Å². The van der Waals surface area contributed by atoms with Crippen molar-refractivity contribution < 1.29 is 4.79 Å². The molecule has 1 saturated heterocycles. The molecule has 0 bridgehead atoms. The molecule has 104 valence electrons. The number of nitrogens with zero attached hydrogens (tertiary/aromatic N) is 1. The Hall–Kier alpha value is -0.520. The second-order valence-electron chi connectivity index (χ2n) is 5.37. The van der Waals surface area contributed by atoms with E-state index in [2.05, 4.69) is 41.6 Å². The van der Waals surface area contributed by atoms with E-state index in [1.54, 1.807) is 11.3 Å². The van der Waals surface area contributed by atoms with Crippen LogP contribution in [-0.2, 0) is 4.79 Å². The van der Waals surface area contributed by atoms with Gasteiger partial charge in [0.25, 0.3) is 0 Å². The summed E-state index contributed by atoms with van der Waals surface area (Å²) in [6.45, 7) is 4.34. The van der Waals surface area contributed by atoms with Crippen molar-refractivity contribution in [3.05, 3.63) is 22.4 Å². The average molecular weight is 296 g/mol. The van der Waals surface area contributed by atoms with Crippen LogP contribution in [0.3, 0.4) is 0 Å². The van der Waals surface area contributed by atoms with Crippen molar-refractivity contribution in [2.45, 2.75) is 44.4 Å². The highest BCUT2D eigenvalue weighted by atomic mass is 32.2. The van der Waals surface area contributed by atoms with Crippen LogP contribution in [0.4, 0.5) is 0 Å². The lowest BCUT2D eigenvalue weighted by Crippen LogP contribution is -2.40. The van der Waals surface area contributed by atoms with E-state index in [1.807, 2.05) is 11.8 Å². The second kappa shape index (κ2) is 5.11. The van der Waals surface area contributed by atoms with Gasteiger partial charge in [-0.25, -0.2) is 0 Å². The first-order valence-electron chi connectivity index (χ1n) is 6.89. The Labute approximate surface area is 122 Å². The van der Waals surface area contributed by atoms with Crippen LogP contribution in [0.25, 0.3) is 0 Å². The molecule has 2 atom stereocenters. The summed E-state index contributed by atoms with van der Waals surface area (Å²) in [4.78, 5) is 16.0. The maximum Gasteiger partial charge on any atom is 0.244 e. The van der Waals surface area contributed by atoms with Crippen LogP contribution in [0.15, 0.2) is 17.5 Å². The Bertz CT molecular complexity index is 456. The highest BCUT2D eigenvalue weighted by Crippen LogP contribution is 2.47. The molecule has 1 amide bonds. The van der Waals surface area contributed by atoms with E-state index >= 15 is 0 Å². The summed E-state index contributed by atoms with van der Waals surface area (Å²) in [5.41, 5.74) is -0.222. The topological polar surface area (TPSA) is 32.3 Å². The van der Waals surface area contributed by atoms with Gasteiger partial charge in [0.1, 0.15) is 11.7 Å². The van der Waals surface area contributed by atoms with Crippen molar-refractivity contribution in [2.75, 3.05) is 11.5 Å². The van der Waals surface area contributed by atoms with Gasteiger partial charge in [-0.15, -0.1) is 11.3 Å². The quantitative estimate of drug-likeness (QED) is 0.907. The highest BCUT2D eigenvalue weighted by Gasteiger charge is 2.60. The summed E-state index contributed by atoms with van der Waals surface area (Å²) in [5, 5.41) is 5.66. The number of rotatable bonds is 5. The maximum atomic E-state index is 12.7. The molecule has 0 radical (unpaired) electrons. The summed E-state index contributed by atoms with van der Waals surface area (Å²) in [5.74, 6) is 2.44. The number of thioether (sulfide) groups is 1. The molecule has 5 heteroatoms. The molecule has 2 fully saturated rings. The minimum atomic E-state index is -0.222. The summed E-state index contributed by atoms with van der Waals surface area (Å²) < 4.78 is 0. The molecular formula is C14H20N2OS2. The smallest absolute Gasteiger partial charge is 0.244 e. The van der Waals surface area contributed by atoms with Gasteiger partial charge in [0.2, 0.25) is 5.91 Å². The third-order valence-corrected chi connectivity index (χ3v) is 5.99. The fourth-order valence-electron chi connectivity index (χ4n) is 2.72. The van der Waals surface area contributed by atoms with Crippen LogP contribution in [0.5, 0.6) is 0 Å². The van der Waals surface area contributed by atoms with Crippen molar-refractivity contribution in [2.24, 2.45) is 0 Å². The van der Waals surface area contributed by atoms with Crippen molar-refractivity contribution in [1.82, 2.24) is 10.2 Å². The summed E-state index contributed by atoms with van der Waals surface area (Å²) >= 11 is 3.64. The number of carbonyl (C=O) groups is 1. The Morgan fingerprint density at radius 2 is 2.42 bits per heavy atom. The fraction of sp³-hybridized carbons (Fsp3) is 0.643. The van der Waals surface area contributed by atoms with Gasteiger partial charge >= 0.3 is 0 Å². The minimum absolute atomic E-state index is 0.0856. The molecule has 1 saturated carbocycles. The summed E-state index contributed by atoms with van der Waals surface area (Å²) in [6.07, 6.45) is 2.08. The van der Waals surface area contributed by atoms with Gasteiger partial charge in [0.05, 0.1) is 0 Å². The van der Waals surface area contributed by atoms with Crippen LogP contribution in [0, 0.1) is 0 Å². The van der Waals surface area contributed by atoms with Crippen molar-refractivity contribution in [1.29, 1.82) is 0 Å². The number of amides is 1. The van der Waals surface area contributed by atoms with Gasteiger partial charge in [-0.1, -0.05) is 13.0 Å². The molecule has 3 nitrogen and oxygen atoms in total. The number of nitrogens with one attached hydrogen (secondary N) is 1. The van der Waals surface area contributed by atoms with Crippen molar-refractivity contribution in [3.8, 4) is 0 Å². The molecule has 2 heterocycles. The molecule has 1 spiro atoms. The van der Waals surface area contributed by atoms with E-state index in [4.69, 9.17) is 0 Å². The lowest BCUT2D eigenvalue weighted by molar-refractivity contribution is -0.132. The van der Waals surface area contributed by atoms with E-state index in [9.17, 15) is 4.79 Å². The molecule has 19 heavy (non-hydrogen) atoms. The normalized spacial score (nSPS) is 26.1. The monoisotopic (exact) mass is 296 g/mol. The zero-order valence-electron chi connectivity index (χ0n) is 11.4. The molecule has 3 rings (SSSR count). The molecule has 2 aliphatic rings. The lowest BCUT2D eigenvalue weighted by Gasteiger charge is -2.29. The van der Waals surface area contributed by atoms with E-state index in [0.29, 0.717) is 5.91 Å². The van der Waals surface area contributed by atoms with Crippen molar-refractivity contribution in [3.63, 3.8) is 0 Å². The molecular weight excluding hydrogens is 276 g/mol. The molecule has 1 N–H and O–H groups in total. The predicted molar refractivity (Wildman–Crippen MR) is 81.5 cm³/mol. The molecule has 1 aromatic rings. The zero-order valence-corrected chi connectivity index (χ0v) is 13.0. The molecule has 0 aromatic carbocycles. The van der Waals surface area contributed by atoms with E-state index in [1.165, 1.54) is 4.88 Å². The third kappa shape index (κ3) is 2.32. The standard InChI is InChI=1S/C14H20N2OS2/c1-3-18-9-10(2)16-12(11-5-4-8-19-11)15-14(6-7-14)13(16)17/h4-5,8,10,12,15H,3,6-7,9H2,1-2H3. The third-order valence-electron chi connectivity index (χ3n) is 3.94. The Morgan fingerprint density at radius 1 is 1.63 bits per heavy atom. The van der Waals surface area contributed by atoms with Crippen LogP contribution < -0.4 is 5.32 Å². The van der Waals surface area contributed by atoms with Crippen LogP contribution in [0.2, 0.25) is 0 Å². The maximum absolute atomic E-state index is 12.7. The van der Waals surface area contributed by atoms with Gasteiger partial charge in [0.15, 0.2) is 0 Å². The molecule has 2 unspecified atom stereocenters. The number of thiophene rings is 1. The predicted octanol–water partition coefficient (Wildman–Crippen LogP) is 2.85. The molecule has 1 aliphatic heterocycles. The molecule has 1 aliphatic carbocycles. The van der Waals surface area contributed by atoms with E-state index < -0.39 is 0 Å². The largest absolute Gasteiger partial charge is 0.317 e. The van der Waals surface area contributed by atoms with Crippen molar-refractivity contribution >= 4 is 29.0 Å². The molecule has 1 aromatic heterocycles. The second-order valence-corrected chi connectivity index (χ2v) is 7.66. The number of hydrogen-bond acceptors (Lipinski definition) is 4. The lowest BCUT2D eigenvalue weighted by atomic mass is 10.2. The van der Waals surface area contributed by atoms with Gasteiger partial charge in [-0.05, 0) is 37.0 Å².